The number of hydrogen-bond acceptors (Lipinski definition) is 2. The smallest absolute Gasteiger partial charge is 0.212 e. The van der Waals surface area contributed by atoms with Crippen LogP contribution in [0, 0.1) is 6.92 Å². The van der Waals surface area contributed by atoms with E-state index < -0.39 is 0 Å². The average molecular weight is 454 g/mol. The largest absolute Gasteiger partial charge is 1.00 e. The lowest BCUT2D eigenvalue weighted by molar-refractivity contribution is -0.646. The van der Waals surface area contributed by atoms with Gasteiger partial charge in [-0.1, -0.05) is 23.8 Å². The van der Waals surface area contributed by atoms with Gasteiger partial charge in [0.25, 0.3) is 0 Å². The number of hydrogen-bond donors (Lipinski definition) is 1. The second-order valence-electron chi connectivity index (χ2n) is 6.29. The Morgan fingerprint density at radius 3 is 2.69 bits per heavy atom. The number of nitrogens with zero attached hydrogens (tertiary/aromatic N) is 2. The van der Waals surface area contributed by atoms with Crippen molar-refractivity contribution in [2.45, 2.75) is 6.92 Å². The number of phenols is 1. The van der Waals surface area contributed by atoms with Crippen molar-refractivity contribution in [1.82, 2.24) is 4.98 Å². The van der Waals surface area contributed by atoms with E-state index in [1.54, 1.807) is 12.3 Å². The summed E-state index contributed by atoms with van der Waals surface area (Å²) in [5.41, 5.74) is 5.23. The second-order valence-corrected chi connectivity index (χ2v) is 6.29. The van der Waals surface area contributed by atoms with Gasteiger partial charge in [0.15, 0.2) is 0 Å². The zero-order chi connectivity index (χ0) is 17.4. The van der Waals surface area contributed by atoms with E-state index >= 15 is 0 Å². The van der Waals surface area contributed by atoms with E-state index in [-0.39, 0.29) is 29.7 Å². The molecular weight excluding hydrogens is 435 g/mol. The molecule has 4 aromatic rings. The minimum atomic E-state index is 0. The molecule has 2 aromatic carbocycles. The molecule has 2 heterocycles. The zero-order valence-electron chi connectivity index (χ0n) is 14.6. The first kappa shape index (κ1) is 18.3. The Hall–Kier alpha value is -2.47. The summed E-state index contributed by atoms with van der Waals surface area (Å²) in [5, 5.41) is 12.2. The monoisotopic (exact) mass is 454 g/mol. The van der Waals surface area contributed by atoms with Crippen LogP contribution in [0.4, 0.5) is 0 Å². The summed E-state index contributed by atoms with van der Waals surface area (Å²) >= 11 is 0. The molecule has 0 aliphatic heterocycles. The molecule has 26 heavy (non-hydrogen) atoms. The number of fused-ring (bicyclic) bond motifs is 2. The normalized spacial score (nSPS) is 11.2. The molecule has 4 heteroatoms. The van der Waals surface area contributed by atoms with Crippen LogP contribution in [0.15, 0.2) is 60.8 Å². The standard InChI is InChI=1S/C22H18N2O.HI/c1-15-5-11-20-17(14-15)7-10-18(24(20)2)9-6-16-8-12-21(25)22-19(16)4-3-13-23-22;/h3-14H,1-2H3;1H. The molecule has 0 saturated heterocycles. The minimum Gasteiger partial charge on any atom is -1.00 e. The fourth-order valence-electron chi connectivity index (χ4n) is 3.21. The Kier molecular flexibility index (Phi) is 5.23. The molecule has 0 amide bonds. The van der Waals surface area contributed by atoms with Crippen LogP contribution in [-0.2, 0) is 7.05 Å². The van der Waals surface area contributed by atoms with E-state index in [0.29, 0.717) is 5.52 Å². The van der Waals surface area contributed by atoms with Gasteiger partial charge in [-0.2, -0.15) is 4.57 Å². The molecule has 0 fully saturated rings. The van der Waals surface area contributed by atoms with Crippen molar-refractivity contribution in [3.63, 3.8) is 0 Å². The van der Waals surface area contributed by atoms with Gasteiger partial charge < -0.3 is 29.1 Å². The van der Waals surface area contributed by atoms with Gasteiger partial charge in [-0.15, -0.1) is 0 Å². The number of benzene rings is 2. The summed E-state index contributed by atoms with van der Waals surface area (Å²) in [6, 6.07) is 18.2. The van der Waals surface area contributed by atoms with Crippen molar-refractivity contribution < 1.29 is 33.7 Å². The fourth-order valence-corrected chi connectivity index (χ4v) is 3.21. The summed E-state index contributed by atoms with van der Waals surface area (Å²) in [6.07, 6.45) is 5.86. The van der Waals surface area contributed by atoms with Crippen molar-refractivity contribution >= 4 is 34.0 Å². The summed E-state index contributed by atoms with van der Waals surface area (Å²) in [4.78, 5) is 4.27. The van der Waals surface area contributed by atoms with Crippen molar-refractivity contribution in [1.29, 1.82) is 0 Å². The van der Waals surface area contributed by atoms with Gasteiger partial charge in [-0.05, 0) is 42.8 Å². The van der Waals surface area contributed by atoms with Gasteiger partial charge in [0, 0.05) is 35.2 Å². The van der Waals surface area contributed by atoms with Crippen LogP contribution in [0.5, 0.6) is 5.75 Å². The molecule has 0 saturated carbocycles. The number of aromatic nitrogens is 2. The third-order valence-electron chi connectivity index (χ3n) is 4.58. The minimum absolute atomic E-state index is 0. The first-order valence-corrected chi connectivity index (χ1v) is 8.28. The number of pyridine rings is 2. The SMILES string of the molecule is Cc1ccc2c(ccc(/C=C/c3ccc(O)c4ncccc34)[n+]2C)c1.[I-]. The van der Waals surface area contributed by atoms with Gasteiger partial charge >= 0.3 is 0 Å². The number of phenolic OH excluding ortho intramolecular Hbond substituents is 1. The van der Waals surface area contributed by atoms with Crippen LogP contribution < -0.4 is 28.5 Å². The maximum Gasteiger partial charge on any atom is 0.212 e. The van der Waals surface area contributed by atoms with Crippen LogP contribution in [0.2, 0.25) is 0 Å². The van der Waals surface area contributed by atoms with Crippen LogP contribution in [-0.4, -0.2) is 10.1 Å². The molecule has 0 aliphatic rings. The van der Waals surface area contributed by atoms with E-state index in [1.807, 2.05) is 18.2 Å². The van der Waals surface area contributed by atoms with E-state index in [0.717, 1.165) is 16.6 Å². The topological polar surface area (TPSA) is 37.0 Å². The van der Waals surface area contributed by atoms with E-state index in [4.69, 9.17) is 0 Å². The highest BCUT2D eigenvalue weighted by molar-refractivity contribution is 5.93. The predicted octanol–water partition coefficient (Wildman–Crippen LogP) is 1.40. The maximum atomic E-state index is 9.98. The van der Waals surface area contributed by atoms with Crippen molar-refractivity contribution in [2.24, 2.45) is 7.05 Å². The number of aromatic hydroxyl groups is 1. The number of aryl methyl sites for hydroxylation is 2. The molecule has 0 radical (unpaired) electrons. The molecule has 0 unspecified atom stereocenters. The van der Waals surface area contributed by atoms with Gasteiger partial charge in [0.1, 0.15) is 18.3 Å². The Bertz CT molecular complexity index is 1140. The molecule has 2 aromatic heterocycles. The summed E-state index contributed by atoms with van der Waals surface area (Å²) < 4.78 is 2.19. The van der Waals surface area contributed by atoms with E-state index in [9.17, 15) is 5.11 Å². The first-order valence-electron chi connectivity index (χ1n) is 8.28. The van der Waals surface area contributed by atoms with Crippen molar-refractivity contribution in [2.75, 3.05) is 0 Å². The Morgan fingerprint density at radius 1 is 1.00 bits per heavy atom. The highest BCUT2D eigenvalue weighted by Crippen LogP contribution is 2.26. The summed E-state index contributed by atoms with van der Waals surface area (Å²) in [6.45, 7) is 2.11. The zero-order valence-corrected chi connectivity index (χ0v) is 16.8. The Balaban J connectivity index is 0.00000196. The molecule has 0 aliphatic carbocycles. The van der Waals surface area contributed by atoms with Gasteiger partial charge in [-0.3, -0.25) is 4.98 Å². The molecule has 4 rings (SSSR count). The highest BCUT2D eigenvalue weighted by Gasteiger charge is 2.10. The van der Waals surface area contributed by atoms with Crippen LogP contribution in [0.3, 0.4) is 0 Å². The van der Waals surface area contributed by atoms with Gasteiger partial charge in [0.05, 0.1) is 0 Å². The summed E-state index contributed by atoms with van der Waals surface area (Å²) in [7, 11) is 2.08. The molecule has 1 N–H and O–H groups in total. The third kappa shape index (κ3) is 3.29. The maximum absolute atomic E-state index is 9.98. The van der Waals surface area contributed by atoms with Crippen molar-refractivity contribution in [3.05, 3.63) is 77.6 Å². The van der Waals surface area contributed by atoms with E-state index in [2.05, 4.69) is 66.0 Å². The molecule has 130 valence electrons. The lowest BCUT2D eigenvalue weighted by Crippen LogP contribution is -3.00. The average Bonchev–Trinajstić information content (AvgIpc) is 2.63. The summed E-state index contributed by atoms with van der Waals surface area (Å²) in [5.74, 6) is 0.208. The third-order valence-corrected chi connectivity index (χ3v) is 4.58. The lowest BCUT2D eigenvalue weighted by atomic mass is 10.1. The first-order chi connectivity index (χ1) is 12.1. The van der Waals surface area contributed by atoms with Gasteiger partial charge in [-0.25, -0.2) is 0 Å². The molecular formula is C22H19IN2O. The van der Waals surface area contributed by atoms with Crippen molar-refractivity contribution in [3.8, 4) is 5.75 Å². The molecule has 0 atom stereocenters. The van der Waals surface area contributed by atoms with Gasteiger partial charge in [0.2, 0.25) is 11.2 Å². The Labute approximate surface area is 169 Å². The number of halogens is 1. The highest BCUT2D eigenvalue weighted by atomic mass is 127. The van der Waals surface area contributed by atoms with Crippen LogP contribution in [0.1, 0.15) is 16.8 Å². The molecule has 0 spiro atoms. The lowest BCUT2D eigenvalue weighted by Gasteiger charge is -2.04. The predicted molar refractivity (Wildman–Crippen MR) is 102 cm³/mol. The van der Waals surface area contributed by atoms with Crippen LogP contribution in [0.25, 0.3) is 34.0 Å². The molecule has 0 bridgehead atoms. The Morgan fingerprint density at radius 2 is 1.85 bits per heavy atom. The van der Waals surface area contributed by atoms with E-state index in [1.165, 1.54) is 16.5 Å². The fraction of sp³-hybridized carbons (Fsp3) is 0.0909. The van der Waals surface area contributed by atoms with Crippen LogP contribution >= 0.6 is 0 Å². The number of rotatable bonds is 2. The molecule has 3 nitrogen and oxygen atoms in total. The second kappa shape index (κ2) is 7.41. The quantitative estimate of drug-likeness (QED) is 0.368.